The Balaban J connectivity index is 2.17. The van der Waals surface area contributed by atoms with Gasteiger partial charge in [-0.3, -0.25) is 0 Å². The molecule has 0 aromatic heterocycles. The Morgan fingerprint density at radius 3 is 2.74 bits per heavy atom. The molecule has 0 aliphatic rings. The van der Waals surface area contributed by atoms with Crippen LogP contribution >= 0.6 is 11.6 Å². The summed E-state index contributed by atoms with van der Waals surface area (Å²) in [5.74, 6) is -0.467. The Kier molecular flexibility index (Phi) is 4.22. The molecule has 0 saturated heterocycles. The van der Waals surface area contributed by atoms with Crippen LogP contribution in [0.3, 0.4) is 0 Å². The number of methoxy groups -OCH3 is 1. The minimum atomic E-state index is -0.466. The quantitative estimate of drug-likeness (QED) is 0.906. The molecule has 0 amide bonds. The van der Waals surface area contributed by atoms with Crippen molar-refractivity contribution < 1.29 is 13.5 Å². The second-order valence-corrected chi connectivity index (χ2v) is 4.29. The highest BCUT2D eigenvalue weighted by Crippen LogP contribution is 2.27. The van der Waals surface area contributed by atoms with E-state index in [9.17, 15) is 8.78 Å². The van der Waals surface area contributed by atoms with Crippen LogP contribution in [0.4, 0.5) is 14.5 Å². The van der Waals surface area contributed by atoms with Gasteiger partial charge in [-0.2, -0.15) is 0 Å². The molecular formula is C14H12ClF2NO. The van der Waals surface area contributed by atoms with Crippen molar-refractivity contribution in [2.75, 3.05) is 12.4 Å². The third-order valence-electron chi connectivity index (χ3n) is 2.66. The summed E-state index contributed by atoms with van der Waals surface area (Å²) in [7, 11) is 1.45. The summed E-state index contributed by atoms with van der Waals surface area (Å²) >= 11 is 5.85. The second-order valence-electron chi connectivity index (χ2n) is 3.91. The van der Waals surface area contributed by atoms with Crippen LogP contribution in [0.25, 0.3) is 0 Å². The predicted octanol–water partition coefficient (Wildman–Crippen LogP) is 4.24. The lowest BCUT2D eigenvalue weighted by molar-refractivity contribution is 0.413. The van der Waals surface area contributed by atoms with E-state index in [2.05, 4.69) is 5.32 Å². The fraction of sp³-hybridized carbons (Fsp3) is 0.143. The van der Waals surface area contributed by atoms with Gasteiger partial charge in [0.15, 0.2) is 0 Å². The number of rotatable bonds is 4. The largest absolute Gasteiger partial charge is 0.494 e. The van der Waals surface area contributed by atoms with E-state index >= 15 is 0 Å². The molecule has 0 atom stereocenters. The van der Waals surface area contributed by atoms with Crippen LogP contribution in [0.1, 0.15) is 5.56 Å². The van der Waals surface area contributed by atoms with Crippen molar-refractivity contribution in [2.24, 2.45) is 0 Å². The zero-order chi connectivity index (χ0) is 13.8. The van der Waals surface area contributed by atoms with Crippen molar-refractivity contribution in [3.63, 3.8) is 0 Å². The summed E-state index contributed by atoms with van der Waals surface area (Å²) in [6.07, 6.45) is 0. The van der Waals surface area contributed by atoms with Gasteiger partial charge < -0.3 is 10.1 Å². The number of halogens is 3. The smallest absolute Gasteiger partial charge is 0.144 e. The van der Waals surface area contributed by atoms with Gasteiger partial charge in [0, 0.05) is 12.6 Å². The summed E-state index contributed by atoms with van der Waals surface area (Å²) in [4.78, 5) is 0. The van der Waals surface area contributed by atoms with Crippen molar-refractivity contribution in [3.8, 4) is 5.75 Å². The van der Waals surface area contributed by atoms with Crippen molar-refractivity contribution in [1.29, 1.82) is 0 Å². The van der Waals surface area contributed by atoms with Crippen molar-refractivity contribution >= 4 is 17.3 Å². The molecule has 5 heteroatoms. The van der Waals surface area contributed by atoms with Crippen LogP contribution in [-0.4, -0.2) is 7.11 Å². The van der Waals surface area contributed by atoms with E-state index in [-0.39, 0.29) is 10.8 Å². The van der Waals surface area contributed by atoms with Gasteiger partial charge in [0.25, 0.3) is 0 Å². The maximum Gasteiger partial charge on any atom is 0.144 e. The number of benzene rings is 2. The molecule has 2 aromatic carbocycles. The molecule has 0 fully saturated rings. The molecule has 2 nitrogen and oxygen atoms in total. The summed E-state index contributed by atoms with van der Waals surface area (Å²) in [5, 5.41) is 3.11. The SMILES string of the molecule is COc1cc(F)ccc1NCc1cccc(F)c1Cl. The zero-order valence-corrected chi connectivity index (χ0v) is 11.0. The Hall–Kier alpha value is -1.81. The van der Waals surface area contributed by atoms with Gasteiger partial charge in [-0.15, -0.1) is 0 Å². The van der Waals surface area contributed by atoms with E-state index in [1.54, 1.807) is 18.2 Å². The normalized spacial score (nSPS) is 10.3. The number of hydrogen-bond acceptors (Lipinski definition) is 2. The number of ether oxygens (including phenoxy) is 1. The maximum atomic E-state index is 13.3. The Labute approximate surface area is 115 Å². The first-order valence-corrected chi connectivity index (χ1v) is 6.00. The third-order valence-corrected chi connectivity index (χ3v) is 3.09. The molecule has 0 spiro atoms. The molecule has 0 heterocycles. The summed E-state index contributed by atoms with van der Waals surface area (Å²) in [6, 6.07) is 8.74. The van der Waals surface area contributed by atoms with Gasteiger partial charge in [0.2, 0.25) is 0 Å². The minimum absolute atomic E-state index is 0.0797. The van der Waals surface area contributed by atoms with Gasteiger partial charge in [-0.25, -0.2) is 8.78 Å². The highest BCUT2D eigenvalue weighted by atomic mass is 35.5. The fourth-order valence-electron chi connectivity index (χ4n) is 1.69. The van der Waals surface area contributed by atoms with Crippen molar-refractivity contribution in [2.45, 2.75) is 6.54 Å². The highest BCUT2D eigenvalue weighted by molar-refractivity contribution is 6.31. The number of nitrogens with one attached hydrogen (secondary N) is 1. The van der Waals surface area contributed by atoms with Crippen LogP contribution in [-0.2, 0) is 6.54 Å². The number of hydrogen-bond donors (Lipinski definition) is 1. The Morgan fingerprint density at radius 2 is 2.00 bits per heavy atom. The molecule has 0 unspecified atom stereocenters. The molecule has 0 bridgehead atoms. The maximum absolute atomic E-state index is 13.3. The molecule has 2 rings (SSSR count). The Morgan fingerprint density at radius 1 is 1.21 bits per heavy atom. The van der Waals surface area contributed by atoms with Crippen LogP contribution in [0.15, 0.2) is 36.4 Å². The van der Waals surface area contributed by atoms with Gasteiger partial charge in [-0.1, -0.05) is 23.7 Å². The van der Waals surface area contributed by atoms with E-state index in [1.165, 1.54) is 25.3 Å². The topological polar surface area (TPSA) is 21.3 Å². The van der Waals surface area contributed by atoms with E-state index < -0.39 is 5.82 Å². The molecule has 100 valence electrons. The molecule has 2 aromatic rings. The predicted molar refractivity (Wildman–Crippen MR) is 71.7 cm³/mol. The van der Waals surface area contributed by atoms with E-state index in [1.807, 2.05) is 0 Å². The molecule has 0 aliphatic heterocycles. The molecular weight excluding hydrogens is 272 g/mol. The van der Waals surface area contributed by atoms with Gasteiger partial charge in [0.1, 0.15) is 17.4 Å². The van der Waals surface area contributed by atoms with E-state index in [4.69, 9.17) is 16.3 Å². The summed E-state index contributed by atoms with van der Waals surface area (Å²) in [6.45, 7) is 0.318. The van der Waals surface area contributed by atoms with Crippen LogP contribution < -0.4 is 10.1 Å². The first kappa shape index (κ1) is 13.6. The van der Waals surface area contributed by atoms with E-state index in [0.29, 0.717) is 23.5 Å². The zero-order valence-electron chi connectivity index (χ0n) is 10.2. The lowest BCUT2D eigenvalue weighted by Crippen LogP contribution is -2.03. The third kappa shape index (κ3) is 3.15. The van der Waals surface area contributed by atoms with Gasteiger partial charge in [0.05, 0.1) is 17.8 Å². The molecule has 0 saturated carbocycles. The Bertz CT molecular complexity index is 590. The van der Waals surface area contributed by atoms with E-state index in [0.717, 1.165) is 0 Å². The molecule has 0 radical (unpaired) electrons. The first-order valence-electron chi connectivity index (χ1n) is 5.62. The number of anilines is 1. The van der Waals surface area contributed by atoms with Crippen LogP contribution in [0, 0.1) is 11.6 Å². The van der Waals surface area contributed by atoms with Crippen molar-refractivity contribution in [1.82, 2.24) is 0 Å². The van der Waals surface area contributed by atoms with Gasteiger partial charge >= 0.3 is 0 Å². The summed E-state index contributed by atoms with van der Waals surface area (Å²) < 4.78 is 31.4. The molecule has 0 aliphatic carbocycles. The first-order chi connectivity index (χ1) is 9.11. The van der Waals surface area contributed by atoms with Crippen LogP contribution in [0.2, 0.25) is 5.02 Å². The average molecular weight is 284 g/mol. The highest BCUT2D eigenvalue weighted by Gasteiger charge is 2.08. The van der Waals surface area contributed by atoms with Crippen LogP contribution in [0.5, 0.6) is 5.75 Å². The fourth-order valence-corrected chi connectivity index (χ4v) is 1.88. The molecule has 1 N–H and O–H groups in total. The standard InChI is InChI=1S/C14H12ClF2NO/c1-19-13-7-10(16)5-6-12(13)18-8-9-3-2-4-11(17)14(9)15/h2-7,18H,8H2,1H3. The van der Waals surface area contributed by atoms with Gasteiger partial charge in [-0.05, 0) is 23.8 Å². The minimum Gasteiger partial charge on any atom is -0.494 e. The van der Waals surface area contributed by atoms with Crippen molar-refractivity contribution in [3.05, 3.63) is 58.6 Å². The summed E-state index contributed by atoms with van der Waals surface area (Å²) in [5.41, 5.74) is 1.23. The second kappa shape index (κ2) is 5.89. The lowest BCUT2D eigenvalue weighted by Gasteiger charge is -2.12. The molecule has 19 heavy (non-hydrogen) atoms. The average Bonchev–Trinajstić information content (AvgIpc) is 2.41. The lowest BCUT2D eigenvalue weighted by atomic mass is 10.2. The monoisotopic (exact) mass is 283 g/mol.